The van der Waals surface area contributed by atoms with Crippen molar-refractivity contribution in [3.63, 3.8) is 0 Å². The van der Waals surface area contributed by atoms with Gasteiger partial charge in [-0.3, -0.25) is 9.59 Å². The average Bonchev–Trinajstić information content (AvgIpc) is 3.01. The van der Waals surface area contributed by atoms with E-state index >= 15 is 0 Å². The molecule has 0 spiro atoms. The maximum atomic E-state index is 13.8. The van der Waals surface area contributed by atoms with Gasteiger partial charge in [0.2, 0.25) is 11.8 Å². The molecule has 2 aromatic rings. The smallest absolute Gasteiger partial charge is 0.410 e. The van der Waals surface area contributed by atoms with Gasteiger partial charge in [-0.05, 0) is 103 Å². The van der Waals surface area contributed by atoms with Crippen molar-refractivity contribution in [3.05, 3.63) is 71.8 Å². The third kappa shape index (κ3) is 10.4. The molecule has 2 aliphatic heterocycles. The molecule has 2 fully saturated rings. The number of hydrogen-bond donors (Lipinski definition) is 1. The first-order valence-electron chi connectivity index (χ1n) is 16.4. The summed E-state index contributed by atoms with van der Waals surface area (Å²) < 4.78 is 5.52. The molecule has 2 saturated heterocycles. The van der Waals surface area contributed by atoms with Crippen molar-refractivity contribution >= 4 is 17.9 Å². The second-order valence-electron chi connectivity index (χ2n) is 13.2. The molecule has 7 heteroatoms. The van der Waals surface area contributed by atoms with Gasteiger partial charge in [-0.15, -0.1) is 0 Å². The zero-order valence-electron chi connectivity index (χ0n) is 26.4. The van der Waals surface area contributed by atoms with Gasteiger partial charge in [0.1, 0.15) is 11.6 Å². The Morgan fingerprint density at radius 1 is 0.814 bits per heavy atom. The molecule has 2 aliphatic rings. The summed E-state index contributed by atoms with van der Waals surface area (Å²) in [5.74, 6) is -0.114. The minimum atomic E-state index is -0.543. The molecule has 43 heavy (non-hydrogen) atoms. The summed E-state index contributed by atoms with van der Waals surface area (Å²) >= 11 is 0. The minimum Gasteiger partial charge on any atom is -0.444 e. The highest BCUT2D eigenvalue weighted by Crippen LogP contribution is 2.26. The lowest BCUT2D eigenvalue weighted by atomic mass is 9.92. The number of carbonyl (C=O) groups excluding carboxylic acids is 3. The SMILES string of the molecule is CC(C)(C)OC(=O)N1CCC(C(=O)N2CCCC[C@@H]2C(=O)NC(CCCc2ccccc2)CCCc2ccccc2)CC1. The summed E-state index contributed by atoms with van der Waals surface area (Å²) in [5, 5.41) is 3.39. The number of ether oxygens (including phenoxy) is 1. The molecule has 1 N–H and O–H groups in total. The first-order valence-corrected chi connectivity index (χ1v) is 16.4. The van der Waals surface area contributed by atoms with Crippen LogP contribution in [0.1, 0.15) is 89.7 Å². The van der Waals surface area contributed by atoms with E-state index in [9.17, 15) is 14.4 Å². The molecule has 0 aliphatic carbocycles. The Bertz CT molecular complexity index is 1110. The van der Waals surface area contributed by atoms with Gasteiger partial charge in [0.15, 0.2) is 0 Å². The standard InChI is InChI=1S/C36H51N3O4/c1-36(2,3)43-35(42)38-26-23-30(24-27-38)34(41)39-25-11-10-22-32(39)33(40)37-31(20-12-18-28-14-6-4-7-15-28)21-13-19-29-16-8-5-9-17-29/h4-9,14-17,30-32H,10-13,18-27H2,1-3H3,(H,37,40)/t32-/m1/s1. The van der Waals surface area contributed by atoms with E-state index in [1.54, 1.807) is 4.90 Å². The normalized spacial score (nSPS) is 18.0. The number of hydrogen-bond acceptors (Lipinski definition) is 4. The number of carbonyl (C=O) groups is 3. The first kappa shape index (κ1) is 32.6. The molecule has 0 saturated carbocycles. The van der Waals surface area contributed by atoms with Gasteiger partial charge in [0, 0.05) is 31.6 Å². The highest BCUT2D eigenvalue weighted by atomic mass is 16.6. The first-order chi connectivity index (χ1) is 20.7. The van der Waals surface area contributed by atoms with Gasteiger partial charge in [-0.2, -0.15) is 0 Å². The van der Waals surface area contributed by atoms with Crippen LogP contribution in [-0.4, -0.2) is 65.0 Å². The van der Waals surface area contributed by atoms with Crippen LogP contribution in [0.25, 0.3) is 0 Å². The molecule has 234 valence electrons. The van der Waals surface area contributed by atoms with Crippen LogP contribution in [0.4, 0.5) is 4.79 Å². The van der Waals surface area contributed by atoms with Crippen LogP contribution < -0.4 is 5.32 Å². The Kier molecular flexibility index (Phi) is 12.1. The molecule has 2 aromatic carbocycles. The number of likely N-dealkylation sites (tertiary alicyclic amines) is 2. The van der Waals surface area contributed by atoms with Crippen molar-refractivity contribution in [2.45, 2.75) is 109 Å². The Labute approximate surface area is 258 Å². The van der Waals surface area contributed by atoms with E-state index in [1.807, 2.05) is 37.8 Å². The van der Waals surface area contributed by atoms with Gasteiger partial charge in [0.25, 0.3) is 0 Å². The Hall–Kier alpha value is -3.35. The van der Waals surface area contributed by atoms with Gasteiger partial charge in [-0.25, -0.2) is 4.79 Å². The van der Waals surface area contributed by atoms with Crippen molar-refractivity contribution in [2.75, 3.05) is 19.6 Å². The highest BCUT2D eigenvalue weighted by Gasteiger charge is 2.38. The van der Waals surface area contributed by atoms with Crippen LogP contribution in [0.3, 0.4) is 0 Å². The van der Waals surface area contributed by atoms with Gasteiger partial charge in [0.05, 0.1) is 0 Å². The summed E-state index contributed by atoms with van der Waals surface area (Å²) in [6, 6.07) is 20.7. The van der Waals surface area contributed by atoms with Crippen molar-refractivity contribution in [1.29, 1.82) is 0 Å². The number of piperidine rings is 2. The predicted octanol–water partition coefficient (Wildman–Crippen LogP) is 6.55. The van der Waals surface area contributed by atoms with E-state index in [0.29, 0.717) is 38.9 Å². The van der Waals surface area contributed by atoms with E-state index in [4.69, 9.17) is 4.74 Å². The number of nitrogens with one attached hydrogen (secondary N) is 1. The lowest BCUT2D eigenvalue weighted by Crippen LogP contribution is -2.56. The molecule has 0 bridgehead atoms. The van der Waals surface area contributed by atoms with Gasteiger partial charge >= 0.3 is 6.09 Å². The zero-order chi connectivity index (χ0) is 30.7. The highest BCUT2D eigenvalue weighted by molar-refractivity contribution is 5.89. The van der Waals surface area contributed by atoms with Crippen LogP contribution in [-0.2, 0) is 27.2 Å². The number of benzene rings is 2. The largest absolute Gasteiger partial charge is 0.444 e. The average molecular weight is 590 g/mol. The van der Waals surface area contributed by atoms with E-state index in [1.165, 1.54) is 11.1 Å². The van der Waals surface area contributed by atoms with Crippen LogP contribution >= 0.6 is 0 Å². The summed E-state index contributed by atoms with van der Waals surface area (Å²) in [7, 11) is 0. The fourth-order valence-electron chi connectivity index (χ4n) is 6.32. The number of rotatable bonds is 11. The molecule has 0 radical (unpaired) electrons. The number of nitrogens with zero attached hydrogens (tertiary/aromatic N) is 2. The third-order valence-electron chi connectivity index (χ3n) is 8.65. The summed E-state index contributed by atoms with van der Waals surface area (Å²) in [6.07, 6.45) is 9.27. The molecule has 4 rings (SSSR count). The van der Waals surface area contributed by atoms with E-state index < -0.39 is 11.6 Å². The second kappa shape index (κ2) is 15.9. The zero-order valence-corrected chi connectivity index (χ0v) is 26.4. The van der Waals surface area contributed by atoms with Crippen LogP contribution in [0.2, 0.25) is 0 Å². The summed E-state index contributed by atoms with van der Waals surface area (Å²) in [5.41, 5.74) is 2.09. The Balaban J connectivity index is 1.33. The molecule has 1 atom stereocenters. The molecular weight excluding hydrogens is 538 g/mol. The van der Waals surface area contributed by atoms with Gasteiger partial charge < -0.3 is 19.9 Å². The Morgan fingerprint density at radius 3 is 1.91 bits per heavy atom. The second-order valence-corrected chi connectivity index (χ2v) is 13.2. The monoisotopic (exact) mass is 589 g/mol. The summed E-state index contributed by atoms with van der Waals surface area (Å²) in [4.78, 5) is 43.5. The maximum Gasteiger partial charge on any atom is 0.410 e. The van der Waals surface area contributed by atoms with E-state index in [0.717, 1.165) is 51.4 Å². The number of amides is 3. The van der Waals surface area contributed by atoms with Crippen molar-refractivity contribution in [1.82, 2.24) is 15.1 Å². The fourth-order valence-corrected chi connectivity index (χ4v) is 6.32. The van der Waals surface area contributed by atoms with E-state index in [2.05, 4.69) is 53.8 Å². The van der Waals surface area contributed by atoms with Gasteiger partial charge in [-0.1, -0.05) is 60.7 Å². The lowest BCUT2D eigenvalue weighted by molar-refractivity contribution is -0.146. The maximum absolute atomic E-state index is 13.8. The minimum absolute atomic E-state index is 0.0105. The Morgan fingerprint density at radius 2 is 1.37 bits per heavy atom. The van der Waals surface area contributed by atoms with Crippen LogP contribution in [0.15, 0.2) is 60.7 Å². The molecule has 2 heterocycles. The predicted molar refractivity (Wildman–Crippen MR) is 171 cm³/mol. The van der Waals surface area contributed by atoms with E-state index in [-0.39, 0.29) is 29.9 Å². The molecule has 0 aromatic heterocycles. The number of aryl methyl sites for hydroxylation is 2. The van der Waals surface area contributed by atoms with Crippen LogP contribution in [0.5, 0.6) is 0 Å². The quantitative estimate of drug-likeness (QED) is 0.323. The molecule has 0 unspecified atom stereocenters. The van der Waals surface area contributed by atoms with Crippen molar-refractivity contribution in [3.8, 4) is 0 Å². The molecule has 3 amide bonds. The van der Waals surface area contributed by atoms with Crippen LogP contribution in [0, 0.1) is 5.92 Å². The topological polar surface area (TPSA) is 79.0 Å². The molecular formula is C36H51N3O4. The lowest BCUT2D eigenvalue weighted by Gasteiger charge is -2.40. The third-order valence-corrected chi connectivity index (χ3v) is 8.65. The van der Waals surface area contributed by atoms with Crippen molar-refractivity contribution < 1.29 is 19.1 Å². The summed E-state index contributed by atoms with van der Waals surface area (Å²) in [6.45, 7) is 7.21. The fraction of sp³-hybridized carbons (Fsp3) is 0.583. The molecule has 7 nitrogen and oxygen atoms in total. The van der Waals surface area contributed by atoms with Crippen molar-refractivity contribution in [2.24, 2.45) is 5.92 Å².